The molecule has 0 aliphatic heterocycles. The molecule has 0 aliphatic carbocycles. The van der Waals surface area contributed by atoms with Crippen molar-refractivity contribution in [3.05, 3.63) is 66.0 Å². The fourth-order valence-corrected chi connectivity index (χ4v) is 2.68. The van der Waals surface area contributed by atoms with Crippen molar-refractivity contribution in [3.8, 4) is 17.2 Å². The third kappa shape index (κ3) is 5.10. The normalized spacial score (nSPS) is 10.5. The van der Waals surface area contributed by atoms with Crippen molar-refractivity contribution in [1.82, 2.24) is 9.78 Å². The molecule has 1 amide bonds. The molecule has 0 saturated heterocycles. The van der Waals surface area contributed by atoms with Crippen molar-refractivity contribution < 1.29 is 14.3 Å². The van der Waals surface area contributed by atoms with Crippen LogP contribution in [0, 0.1) is 13.8 Å². The summed E-state index contributed by atoms with van der Waals surface area (Å²) in [6, 6.07) is 16.6. The minimum atomic E-state index is -0.124. The van der Waals surface area contributed by atoms with E-state index in [-0.39, 0.29) is 12.5 Å². The Morgan fingerprint density at radius 2 is 1.59 bits per heavy atom. The molecule has 3 rings (SSSR count). The highest BCUT2D eigenvalue weighted by Gasteiger charge is 2.08. The molecule has 2 aromatic carbocycles. The molecule has 0 saturated carbocycles. The van der Waals surface area contributed by atoms with Crippen LogP contribution in [0.25, 0.3) is 0 Å². The highest BCUT2D eigenvalue weighted by Crippen LogP contribution is 2.25. The van der Waals surface area contributed by atoms with Gasteiger partial charge in [0.25, 0.3) is 0 Å². The number of nitrogens with zero attached hydrogens (tertiary/aromatic N) is 2. The first kappa shape index (κ1) is 18.5. The molecule has 1 aromatic heterocycles. The zero-order valence-corrected chi connectivity index (χ0v) is 15.7. The smallest absolute Gasteiger partial charge is 0.246 e. The minimum absolute atomic E-state index is 0.124. The lowest BCUT2D eigenvalue weighted by Gasteiger charge is -2.09. The summed E-state index contributed by atoms with van der Waals surface area (Å²) in [5.41, 5.74) is 2.57. The molecular weight excluding hydrogens is 342 g/mol. The largest absolute Gasteiger partial charge is 0.494 e. The fourth-order valence-electron chi connectivity index (χ4n) is 2.68. The predicted molar refractivity (Wildman–Crippen MR) is 104 cm³/mol. The topological polar surface area (TPSA) is 65.4 Å². The van der Waals surface area contributed by atoms with Crippen LogP contribution in [-0.2, 0) is 11.3 Å². The Balaban J connectivity index is 1.56. The molecule has 27 heavy (non-hydrogen) atoms. The number of amides is 1. The molecule has 0 spiro atoms. The van der Waals surface area contributed by atoms with Crippen LogP contribution in [0.4, 0.5) is 5.69 Å². The van der Waals surface area contributed by atoms with Gasteiger partial charge in [-0.15, -0.1) is 0 Å². The van der Waals surface area contributed by atoms with E-state index < -0.39 is 0 Å². The molecule has 0 atom stereocenters. The van der Waals surface area contributed by atoms with E-state index in [1.165, 1.54) is 0 Å². The van der Waals surface area contributed by atoms with Gasteiger partial charge < -0.3 is 14.8 Å². The first-order chi connectivity index (χ1) is 13.0. The first-order valence-electron chi connectivity index (χ1n) is 8.85. The van der Waals surface area contributed by atoms with E-state index in [4.69, 9.17) is 9.47 Å². The monoisotopic (exact) mass is 365 g/mol. The number of anilines is 1. The van der Waals surface area contributed by atoms with E-state index in [0.717, 1.165) is 22.9 Å². The number of carbonyl (C=O) groups excluding carboxylic acids is 1. The van der Waals surface area contributed by atoms with E-state index >= 15 is 0 Å². The Hall–Kier alpha value is -3.28. The van der Waals surface area contributed by atoms with Crippen LogP contribution in [0.5, 0.6) is 17.2 Å². The summed E-state index contributed by atoms with van der Waals surface area (Å²) in [7, 11) is 0. The van der Waals surface area contributed by atoms with Crippen molar-refractivity contribution in [2.24, 2.45) is 0 Å². The van der Waals surface area contributed by atoms with E-state index in [0.29, 0.717) is 18.0 Å². The van der Waals surface area contributed by atoms with Crippen molar-refractivity contribution >= 4 is 11.6 Å². The van der Waals surface area contributed by atoms with Gasteiger partial charge in [-0.05, 0) is 75.4 Å². The van der Waals surface area contributed by atoms with Crippen LogP contribution in [-0.4, -0.2) is 22.3 Å². The van der Waals surface area contributed by atoms with Crippen molar-refractivity contribution in [2.45, 2.75) is 27.3 Å². The summed E-state index contributed by atoms with van der Waals surface area (Å²) in [5, 5.41) is 7.17. The van der Waals surface area contributed by atoms with Crippen molar-refractivity contribution in [3.63, 3.8) is 0 Å². The van der Waals surface area contributed by atoms with Gasteiger partial charge in [0, 0.05) is 11.4 Å². The maximum Gasteiger partial charge on any atom is 0.246 e. The molecule has 0 unspecified atom stereocenters. The number of benzene rings is 2. The lowest BCUT2D eigenvalue weighted by atomic mass is 10.3. The average Bonchev–Trinajstić information content (AvgIpc) is 2.95. The lowest BCUT2D eigenvalue weighted by molar-refractivity contribution is -0.116. The van der Waals surface area contributed by atoms with Gasteiger partial charge in [0.05, 0.1) is 12.3 Å². The van der Waals surface area contributed by atoms with Crippen LogP contribution in [0.1, 0.15) is 18.3 Å². The number of rotatable bonds is 7. The lowest BCUT2D eigenvalue weighted by Crippen LogP contribution is -2.20. The van der Waals surface area contributed by atoms with E-state index in [1.54, 1.807) is 4.68 Å². The van der Waals surface area contributed by atoms with E-state index in [2.05, 4.69) is 10.4 Å². The molecule has 1 N–H and O–H groups in total. The van der Waals surface area contributed by atoms with Gasteiger partial charge in [0.15, 0.2) is 0 Å². The first-order valence-corrected chi connectivity index (χ1v) is 8.85. The highest BCUT2D eigenvalue weighted by atomic mass is 16.5. The number of aryl methyl sites for hydroxylation is 2. The van der Waals surface area contributed by atoms with Gasteiger partial charge in [-0.2, -0.15) is 5.10 Å². The molecule has 6 nitrogen and oxygen atoms in total. The second-order valence-electron chi connectivity index (χ2n) is 6.16. The summed E-state index contributed by atoms with van der Waals surface area (Å²) >= 11 is 0. The number of carbonyl (C=O) groups is 1. The summed E-state index contributed by atoms with van der Waals surface area (Å²) < 4.78 is 12.9. The number of hydrogen-bond acceptors (Lipinski definition) is 4. The SMILES string of the molecule is CCOc1ccc(Oc2ccc(NC(=O)Cn3nc(C)cc3C)cc2)cc1. The second kappa shape index (κ2) is 8.40. The van der Waals surface area contributed by atoms with Gasteiger partial charge in [-0.1, -0.05) is 0 Å². The predicted octanol–water partition coefficient (Wildman–Crippen LogP) is 4.33. The van der Waals surface area contributed by atoms with E-state index in [9.17, 15) is 4.79 Å². The summed E-state index contributed by atoms with van der Waals surface area (Å²) in [4.78, 5) is 12.2. The second-order valence-corrected chi connectivity index (χ2v) is 6.16. The number of hydrogen-bond donors (Lipinski definition) is 1. The van der Waals surface area contributed by atoms with Gasteiger partial charge in [0.1, 0.15) is 23.8 Å². The Morgan fingerprint density at radius 3 is 2.15 bits per heavy atom. The van der Waals surface area contributed by atoms with Crippen molar-refractivity contribution in [2.75, 3.05) is 11.9 Å². The summed E-state index contributed by atoms with van der Waals surface area (Å²) in [5.74, 6) is 2.10. The summed E-state index contributed by atoms with van der Waals surface area (Å²) in [6.07, 6.45) is 0. The summed E-state index contributed by atoms with van der Waals surface area (Å²) in [6.45, 7) is 6.60. The zero-order chi connectivity index (χ0) is 19.2. The van der Waals surface area contributed by atoms with Crippen LogP contribution >= 0.6 is 0 Å². The molecule has 1 heterocycles. The molecular formula is C21H23N3O3. The van der Waals surface area contributed by atoms with Gasteiger partial charge in [-0.3, -0.25) is 9.48 Å². The Bertz CT molecular complexity index is 899. The highest BCUT2D eigenvalue weighted by molar-refractivity contribution is 5.90. The molecule has 0 fully saturated rings. The van der Waals surface area contributed by atoms with Gasteiger partial charge in [0.2, 0.25) is 5.91 Å². The Morgan fingerprint density at radius 1 is 1.00 bits per heavy atom. The van der Waals surface area contributed by atoms with Gasteiger partial charge >= 0.3 is 0 Å². The van der Waals surface area contributed by atoms with Crippen molar-refractivity contribution in [1.29, 1.82) is 0 Å². The van der Waals surface area contributed by atoms with Crippen LogP contribution in [0.3, 0.4) is 0 Å². The third-order valence-corrected chi connectivity index (χ3v) is 3.91. The standard InChI is InChI=1S/C21H23N3O3/c1-4-26-18-9-11-20(12-10-18)27-19-7-5-17(6-8-19)22-21(25)14-24-16(3)13-15(2)23-24/h5-13H,4,14H2,1-3H3,(H,22,25). The maximum atomic E-state index is 12.2. The van der Waals surface area contributed by atoms with Crippen LogP contribution < -0.4 is 14.8 Å². The zero-order valence-electron chi connectivity index (χ0n) is 15.7. The van der Waals surface area contributed by atoms with Crippen LogP contribution in [0.2, 0.25) is 0 Å². The Labute approximate surface area is 158 Å². The molecule has 0 bridgehead atoms. The molecule has 6 heteroatoms. The minimum Gasteiger partial charge on any atom is -0.494 e. The van der Waals surface area contributed by atoms with E-state index in [1.807, 2.05) is 75.4 Å². The van der Waals surface area contributed by atoms with Crippen LogP contribution in [0.15, 0.2) is 54.6 Å². The maximum absolute atomic E-state index is 12.2. The molecule has 3 aromatic rings. The third-order valence-electron chi connectivity index (χ3n) is 3.91. The molecule has 0 aliphatic rings. The Kier molecular flexibility index (Phi) is 5.76. The fraction of sp³-hybridized carbons (Fsp3) is 0.238. The van der Waals surface area contributed by atoms with Gasteiger partial charge in [-0.25, -0.2) is 0 Å². The average molecular weight is 365 g/mol. The quantitative estimate of drug-likeness (QED) is 0.677. The number of aromatic nitrogens is 2. The molecule has 0 radical (unpaired) electrons. The molecule has 140 valence electrons. The number of nitrogens with one attached hydrogen (secondary N) is 1. The number of ether oxygens (including phenoxy) is 2.